The molecule has 0 bridgehead atoms. The summed E-state index contributed by atoms with van der Waals surface area (Å²) >= 11 is 0. The number of benzene rings is 1. The van der Waals surface area contributed by atoms with Crippen molar-refractivity contribution in [2.24, 2.45) is 5.73 Å². The first kappa shape index (κ1) is 11.8. The van der Waals surface area contributed by atoms with Crippen LogP contribution in [-0.2, 0) is 6.54 Å². The zero-order valence-corrected chi connectivity index (χ0v) is 10.3. The van der Waals surface area contributed by atoms with Crippen LogP contribution in [0.15, 0.2) is 18.2 Å². The van der Waals surface area contributed by atoms with Gasteiger partial charge in [0.1, 0.15) is 11.5 Å². The zero-order valence-electron chi connectivity index (χ0n) is 10.3. The summed E-state index contributed by atoms with van der Waals surface area (Å²) < 4.78 is 15.6. The van der Waals surface area contributed by atoms with E-state index in [1.807, 2.05) is 26.8 Å². The van der Waals surface area contributed by atoms with E-state index in [4.69, 9.17) is 5.73 Å². The van der Waals surface area contributed by atoms with Crippen molar-refractivity contribution in [3.05, 3.63) is 46.5 Å². The van der Waals surface area contributed by atoms with Crippen molar-refractivity contribution in [1.82, 2.24) is 9.78 Å². The summed E-state index contributed by atoms with van der Waals surface area (Å²) in [6, 6.07) is 4.92. The molecule has 1 aromatic heterocycles. The lowest BCUT2D eigenvalue weighted by Gasteiger charge is -2.11. The molecule has 17 heavy (non-hydrogen) atoms. The highest BCUT2D eigenvalue weighted by Crippen LogP contribution is 2.22. The largest absolute Gasteiger partial charge is 0.326 e. The number of aromatic nitrogens is 2. The van der Waals surface area contributed by atoms with Crippen molar-refractivity contribution in [3.8, 4) is 5.69 Å². The summed E-state index contributed by atoms with van der Waals surface area (Å²) in [7, 11) is 0. The molecule has 2 N–H and O–H groups in total. The van der Waals surface area contributed by atoms with E-state index in [2.05, 4.69) is 5.10 Å². The van der Waals surface area contributed by atoms with Crippen molar-refractivity contribution >= 4 is 0 Å². The van der Waals surface area contributed by atoms with Crippen molar-refractivity contribution in [1.29, 1.82) is 0 Å². The van der Waals surface area contributed by atoms with Gasteiger partial charge in [0.25, 0.3) is 0 Å². The Bertz CT molecular complexity index is 558. The maximum atomic E-state index is 13.9. The highest BCUT2D eigenvalue weighted by molar-refractivity contribution is 5.44. The van der Waals surface area contributed by atoms with Crippen LogP contribution in [0, 0.1) is 26.6 Å². The first-order valence-electron chi connectivity index (χ1n) is 5.57. The highest BCUT2D eigenvalue weighted by Gasteiger charge is 2.15. The molecule has 0 radical (unpaired) electrons. The normalized spacial score (nSPS) is 10.9. The van der Waals surface area contributed by atoms with Crippen LogP contribution in [-0.4, -0.2) is 9.78 Å². The summed E-state index contributed by atoms with van der Waals surface area (Å²) in [5.41, 5.74) is 9.80. The zero-order chi connectivity index (χ0) is 12.6. The molecule has 1 aromatic carbocycles. The fraction of sp³-hybridized carbons (Fsp3) is 0.308. The van der Waals surface area contributed by atoms with E-state index >= 15 is 0 Å². The molecule has 0 amide bonds. The molecule has 0 aliphatic carbocycles. The van der Waals surface area contributed by atoms with Gasteiger partial charge in [0.05, 0.1) is 5.69 Å². The Kier molecular flexibility index (Phi) is 2.98. The Balaban J connectivity index is 2.72. The molecule has 0 aliphatic rings. The number of hydrogen-bond donors (Lipinski definition) is 1. The van der Waals surface area contributed by atoms with Gasteiger partial charge in [-0.15, -0.1) is 0 Å². The van der Waals surface area contributed by atoms with Gasteiger partial charge in [0.2, 0.25) is 0 Å². The Morgan fingerprint density at radius 1 is 1.29 bits per heavy atom. The molecule has 2 rings (SSSR count). The summed E-state index contributed by atoms with van der Waals surface area (Å²) in [5, 5.41) is 4.37. The van der Waals surface area contributed by atoms with E-state index in [9.17, 15) is 4.39 Å². The Morgan fingerprint density at radius 3 is 2.53 bits per heavy atom. The van der Waals surface area contributed by atoms with E-state index < -0.39 is 0 Å². The molecule has 3 nitrogen and oxygen atoms in total. The van der Waals surface area contributed by atoms with Gasteiger partial charge < -0.3 is 5.73 Å². The van der Waals surface area contributed by atoms with Crippen LogP contribution in [0.4, 0.5) is 4.39 Å². The number of rotatable bonds is 2. The quantitative estimate of drug-likeness (QED) is 0.865. The van der Waals surface area contributed by atoms with E-state index in [1.165, 1.54) is 6.07 Å². The van der Waals surface area contributed by atoms with Gasteiger partial charge in [0, 0.05) is 12.2 Å². The van der Waals surface area contributed by atoms with Gasteiger partial charge in [-0.2, -0.15) is 5.10 Å². The standard InChI is InChI=1S/C13H16FN3/c1-8-9(2)16-17(10(8)3)13-11(7-15)5-4-6-12(13)14/h4-6H,7,15H2,1-3H3. The molecule has 2 aromatic rings. The molecule has 0 fully saturated rings. The molecule has 1 heterocycles. The van der Waals surface area contributed by atoms with Crippen LogP contribution in [0.5, 0.6) is 0 Å². The highest BCUT2D eigenvalue weighted by atomic mass is 19.1. The number of nitrogens with two attached hydrogens (primary N) is 1. The Hall–Kier alpha value is -1.68. The molecular formula is C13H16FN3. The summed E-state index contributed by atoms with van der Waals surface area (Å²) in [6.07, 6.45) is 0. The molecule has 0 saturated carbocycles. The van der Waals surface area contributed by atoms with E-state index in [0.29, 0.717) is 12.2 Å². The monoisotopic (exact) mass is 233 g/mol. The van der Waals surface area contributed by atoms with Gasteiger partial charge in [-0.05, 0) is 38.0 Å². The Morgan fingerprint density at radius 2 is 2.00 bits per heavy atom. The average Bonchev–Trinajstić information content (AvgIpc) is 2.56. The van der Waals surface area contributed by atoms with E-state index in [-0.39, 0.29) is 5.82 Å². The SMILES string of the molecule is Cc1nn(-c2c(F)cccc2CN)c(C)c1C. The fourth-order valence-electron chi connectivity index (χ4n) is 1.90. The number of nitrogens with zero attached hydrogens (tertiary/aromatic N) is 2. The van der Waals surface area contributed by atoms with Crippen LogP contribution in [0.2, 0.25) is 0 Å². The van der Waals surface area contributed by atoms with Crippen LogP contribution in [0.3, 0.4) is 0 Å². The van der Waals surface area contributed by atoms with Crippen molar-refractivity contribution in [3.63, 3.8) is 0 Å². The molecule has 4 heteroatoms. The summed E-state index contributed by atoms with van der Waals surface area (Å²) in [5.74, 6) is -0.293. The molecule has 0 spiro atoms. The molecule has 0 atom stereocenters. The van der Waals surface area contributed by atoms with Gasteiger partial charge in [-0.1, -0.05) is 12.1 Å². The predicted molar refractivity (Wildman–Crippen MR) is 65.6 cm³/mol. The number of halogens is 1. The first-order valence-corrected chi connectivity index (χ1v) is 5.57. The molecular weight excluding hydrogens is 217 g/mol. The molecule has 0 saturated heterocycles. The average molecular weight is 233 g/mol. The maximum Gasteiger partial charge on any atom is 0.149 e. The number of para-hydroxylation sites is 1. The third-order valence-electron chi connectivity index (χ3n) is 3.16. The number of aryl methyl sites for hydroxylation is 1. The van der Waals surface area contributed by atoms with Crippen molar-refractivity contribution < 1.29 is 4.39 Å². The minimum Gasteiger partial charge on any atom is -0.326 e. The van der Waals surface area contributed by atoms with E-state index in [1.54, 1.807) is 10.7 Å². The molecule has 0 aliphatic heterocycles. The molecule has 0 unspecified atom stereocenters. The second-order valence-corrected chi connectivity index (χ2v) is 4.16. The van der Waals surface area contributed by atoms with Crippen LogP contribution >= 0.6 is 0 Å². The maximum absolute atomic E-state index is 13.9. The van der Waals surface area contributed by atoms with Gasteiger partial charge in [0.15, 0.2) is 0 Å². The van der Waals surface area contributed by atoms with Gasteiger partial charge in [-0.25, -0.2) is 9.07 Å². The predicted octanol–water partition coefficient (Wildman–Crippen LogP) is 2.40. The van der Waals surface area contributed by atoms with Crippen LogP contribution in [0.25, 0.3) is 5.69 Å². The summed E-state index contributed by atoms with van der Waals surface area (Å²) in [4.78, 5) is 0. The lowest BCUT2D eigenvalue weighted by Crippen LogP contribution is -2.09. The first-order chi connectivity index (χ1) is 8.06. The number of hydrogen-bond acceptors (Lipinski definition) is 2. The van der Waals surface area contributed by atoms with Crippen molar-refractivity contribution in [2.75, 3.05) is 0 Å². The second-order valence-electron chi connectivity index (χ2n) is 4.16. The Labute approximate surface area is 100 Å². The third kappa shape index (κ3) is 1.85. The minimum atomic E-state index is -0.293. The summed E-state index contributed by atoms with van der Waals surface area (Å²) in [6.45, 7) is 6.13. The lowest BCUT2D eigenvalue weighted by atomic mass is 10.1. The van der Waals surface area contributed by atoms with Gasteiger partial charge in [-0.3, -0.25) is 0 Å². The van der Waals surface area contributed by atoms with Gasteiger partial charge >= 0.3 is 0 Å². The van der Waals surface area contributed by atoms with Crippen LogP contribution < -0.4 is 5.73 Å². The van der Waals surface area contributed by atoms with E-state index in [0.717, 1.165) is 22.5 Å². The van der Waals surface area contributed by atoms with Crippen molar-refractivity contribution in [2.45, 2.75) is 27.3 Å². The third-order valence-corrected chi connectivity index (χ3v) is 3.16. The second kappa shape index (κ2) is 4.30. The lowest BCUT2D eigenvalue weighted by molar-refractivity contribution is 0.604. The fourth-order valence-corrected chi connectivity index (χ4v) is 1.90. The smallest absolute Gasteiger partial charge is 0.149 e. The minimum absolute atomic E-state index is 0.293. The molecule has 90 valence electrons. The van der Waals surface area contributed by atoms with Crippen LogP contribution in [0.1, 0.15) is 22.5 Å². The topological polar surface area (TPSA) is 43.8 Å².